The largest absolute Gasteiger partial charge is 0.398 e. The fourth-order valence-corrected chi connectivity index (χ4v) is 1.44. The molecule has 1 aromatic heterocycles. The molecule has 15 heavy (non-hydrogen) atoms. The van der Waals surface area contributed by atoms with Gasteiger partial charge in [-0.15, -0.1) is 0 Å². The molecule has 0 aromatic carbocycles. The summed E-state index contributed by atoms with van der Waals surface area (Å²) in [5.74, 6) is 0.690. The monoisotopic (exact) mass is 206 g/mol. The van der Waals surface area contributed by atoms with Crippen LogP contribution in [0, 0.1) is 6.92 Å². The Bertz CT molecular complexity index is 413. The molecule has 80 valence electrons. The molecule has 0 saturated carbocycles. The zero-order valence-electron chi connectivity index (χ0n) is 8.75. The van der Waals surface area contributed by atoms with Gasteiger partial charge in [0.2, 0.25) is 0 Å². The van der Waals surface area contributed by atoms with Gasteiger partial charge in [0.15, 0.2) is 12.0 Å². The Morgan fingerprint density at radius 3 is 2.87 bits per heavy atom. The predicted octanol–water partition coefficient (Wildman–Crippen LogP) is 0.223. The lowest BCUT2D eigenvalue weighted by Gasteiger charge is -2.26. The van der Waals surface area contributed by atoms with Gasteiger partial charge in [-0.05, 0) is 19.1 Å². The molecular formula is C10H14N4O. The van der Waals surface area contributed by atoms with E-state index >= 15 is 0 Å². The molecule has 1 atom stereocenters. The van der Waals surface area contributed by atoms with Crippen LogP contribution in [-0.2, 0) is 7.05 Å². The number of aliphatic hydroxyl groups excluding tert-OH is 1. The van der Waals surface area contributed by atoms with Crippen LogP contribution in [0.3, 0.4) is 0 Å². The first-order chi connectivity index (χ1) is 7.09. The normalized spacial score (nSPS) is 20.6. The van der Waals surface area contributed by atoms with E-state index in [-0.39, 0.29) is 0 Å². The van der Waals surface area contributed by atoms with Crippen LogP contribution in [-0.4, -0.2) is 21.1 Å². The second-order valence-electron chi connectivity index (χ2n) is 3.56. The Balaban J connectivity index is 2.32. The fourth-order valence-electron chi connectivity index (χ4n) is 1.44. The van der Waals surface area contributed by atoms with Gasteiger partial charge in [0.05, 0.1) is 5.70 Å². The maximum Gasteiger partial charge on any atom is 0.172 e. The fraction of sp³-hybridized carbons (Fsp3) is 0.300. The van der Waals surface area contributed by atoms with E-state index in [1.807, 2.05) is 20.0 Å². The van der Waals surface area contributed by atoms with Crippen LogP contribution in [0.4, 0.5) is 5.82 Å². The van der Waals surface area contributed by atoms with Gasteiger partial charge in [-0.3, -0.25) is 9.58 Å². The standard InChI is InChI=1S/C10H14N4O/c1-7-6-9(12-13(7)2)14-5-3-4-8(11)10(14)15/h3-6,10,15H,11H2,1-2H3. The number of aryl methyl sites for hydroxylation is 2. The minimum Gasteiger partial charge on any atom is -0.398 e. The summed E-state index contributed by atoms with van der Waals surface area (Å²) in [6.45, 7) is 1.95. The van der Waals surface area contributed by atoms with Gasteiger partial charge < -0.3 is 10.8 Å². The Morgan fingerprint density at radius 1 is 1.53 bits per heavy atom. The van der Waals surface area contributed by atoms with Gasteiger partial charge in [-0.2, -0.15) is 5.10 Å². The molecule has 1 aliphatic heterocycles. The van der Waals surface area contributed by atoms with Crippen molar-refractivity contribution in [2.45, 2.75) is 13.2 Å². The Morgan fingerprint density at radius 2 is 2.27 bits per heavy atom. The molecule has 0 spiro atoms. The van der Waals surface area contributed by atoms with Gasteiger partial charge in [0.25, 0.3) is 0 Å². The number of nitrogens with zero attached hydrogens (tertiary/aromatic N) is 3. The number of aromatic nitrogens is 2. The van der Waals surface area contributed by atoms with Crippen molar-refractivity contribution in [2.24, 2.45) is 12.8 Å². The topological polar surface area (TPSA) is 67.3 Å². The molecule has 5 nitrogen and oxygen atoms in total. The van der Waals surface area contributed by atoms with Gasteiger partial charge >= 0.3 is 0 Å². The van der Waals surface area contributed by atoms with Crippen molar-refractivity contribution < 1.29 is 5.11 Å². The first-order valence-electron chi connectivity index (χ1n) is 4.70. The van der Waals surface area contributed by atoms with E-state index in [9.17, 15) is 5.11 Å². The predicted molar refractivity (Wildman–Crippen MR) is 57.8 cm³/mol. The zero-order valence-corrected chi connectivity index (χ0v) is 8.75. The maximum absolute atomic E-state index is 9.82. The van der Waals surface area contributed by atoms with Crippen LogP contribution in [0.15, 0.2) is 30.1 Å². The lowest BCUT2D eigenvalue weighted by Crippen LogP contribution is -2.37. The number of rotatable bonds is 1. The van der Waals surface area contributed by atoms with Crippen molar-refractivity contribution in [1.82, 2.24) is 9.78 Å². The van der Waals surface area contributed by atoms with Gasteiger partial charge in [-0.25, -0.2) is 0 Å². The van der Waals surface area contributed by atoms with Crippen molar-refractivity contribution in [2.75, 3.05) is 4.90 Å². The number of anilines is 1. The number of nitrogens with two attached hydrogens (primary N) is 1. The SMILES string of the molecule is Cc1cc(N2C=CC=C(N)C2O)nn1C. The summed E-state index contributed by atoms with van der Waals surface area (Å²) in [6.07, 6.45) is 4.38. The van der Waals surface area contributed by atoms with Crippen molar-refractivity contribution in [3.05, 3.63) is 35.8 Å². The molecule has 0 radical (unpaired) electrons. The van der Waals surface area contributed by atoms with E-state index in [1.54, 1.807) is 27.9 Å². The summed E-state index contributed by atoms with van der Waals surface area (Å²) in [5, 5.41) is 14.1. The highest BCUT2D eigenvalue weighted by Gasteiger charge is 2.20. The quantitative estimate of drug-likeness (QED) is 0.690. The van der Waals surface area contributed by atoms with Gasteiger partial charge in [-0.1, -0.05) is 0 Å². The number of hydrogen-bond acceptors (Lipinski definition) is 4. The van der Waals surface area contributed by atoms with Crippen LogP contribution >= 0.6 is 0 Å². The third kappa shape index (κ3) is 1.61. The summed E-state index contributed by atoms with van der Waals surface area (Å²) in [4.78, 5) is 1.63. The molecule has 3 N–H and O–H groups in total. The second-order valence-corrected chi connectivity index (χ2v) is 3.56. The third-order valence-electron chi connectivity index (χ3n) is 2.46. The molecule has 1 aliphatic rings. The maximum atomic E-state index is 9.82. The summed E-state index contributed by atoms with van der Waals surface area (Å²) in [6, 6.07) is 1.90. The molecule has 0 fully saturated rings. The van der Waals surface area contributed by atoms with Crippen LogP contribution in [0.5, 0.6) is 0 Å². The van der Waals surface area contributed by atoms with Crippen molar-refractivity contribution in [3.8, 4) is 0 Å². The second kappa shape index (κ2) is 3.43. The average molecular weight is 206 g/mol. The Labute approximate surface area is 88.1 Å². The number of allylic oxidation sites excluding steroid dienone is 2. The van der Waals surface area contributed by atoms with E-state index in [1.165, 1.54) is 0 Å². The summed E-state index contributed by atoms with van der Waals surface area (Å²) < 4.78 is 1.75. The van der Waals surface area contributed by atoms with Crippen LogP contribution < -0.4 is 10.6 Å². The van der Waals surface area contributed by atoms with E-state index in [2.05, 4.69) is 5.10 Å². The molecule has 0 bridgehead atoms. The lowest BCUT2D eigenvalue weighted by atomic mass is 10.2. The first kappa shape index (κ1) is 9.79. The van der Waals surface area contributed by atoms with E-state index < -0.39 is 6.23 Å². The van der Waals surface area contributed by atoms with Crippen LogP contribution in [0.1, 0.15) is 5.69 Å². The van der Waals surface area contributed by atoms with Gasteiger partial charge in [0.1, 0.15) is 0 Å². The highest BCUT2D eigenvalue weighted by molar-refractivity contribution is 5.48. The Hall–Kier alpha value is -1.75. The summed E-state index contributed by atoms with van der Waals surface area (Å²) in [7, 11) is 1.86. The molecule has 1 unspecified atom stereocenters. The molecule has 2 rings (SSSR count). The number of hydrogen-bond donors (Lipinski definition) is 2. The average Bonchev–Trinajstić information content (AvgIpc) is 2.51. The smallest absolute Gasteiger partial charge is 0.172 e. The minimum atomic E-state index is -0.829. The highest BCUT2D eigenvalue weighted by atomic mass is 16.3. The molecular weight excluding hydrogens is 192 g/mol. The van der Waals surface area contributed by atoms with Crippen LogP contribution in [0.2, 0.25) is 0 Å². The van der Waals surface area contributed by atoms with E-state index in [4.69, 9.17) is 5.73 Å². The first-order valence-corrected chi connectivity index (χ1v) is 4.70. The summed E-state index contributed by atoms with van der Waals surface area (Å²) >= 11 is 0. The number of aliphatic hydroxyl groups is 1. The summed E-state index contributed by atoms with van der Waals surface area (Å²) in [5.41, 5.74) is 7.08. The van der Waals surface area contributed by atoms with E-state index in [0.717, 1.165) is 5.69 Å². The van der Waals surface area contributed by atoms with Crippen LogP contribution in [0.25, 0.3) is 0 Å². The molecule has 0 amide bonds. The molecule has 2 heterocycles. The van der Waals surface area contributed by atoms with Crippen molar-refractivity contribution in [3.63, 3.8) is 0 Å². The van der Waals surface area contributed by atoms with Gasteiger partial charge in [0, 0.05) is 25.0 Å². The van der Waals surface area contributed by atoms with E-state index in [0.29, 0.717) is 11.5 Å². The Kier molecular flexibility index (Phi) is 2.24. The van der Waals surface area contributed by atoms with Crippen molar-refractivity contribution in [1.29, 1.82) is 0 Å². The molecule has 0 aliphatic carbocycles. The minimum absolute atomic E-state index is 0.417. The molecule has 5 heteroatoms. The molecule has 1 aromatic rings. The lowest BCUT2D eigenvalue weighted by molar-refractivity contribution is 0.211. The third-order valence-corrected chi connectivity index (χ3v) is 2.46. The highest BCUT2D eigenvalue weighted by Crippen LogP contribution is 2.20. The van der Waals surface area contributed by atoms with Crippen molar-refractivity contribution >= 4 is 5.82 Å². The molecule has 0 saturated heterocycles. The zero-order chi connectivity index (χ0) is 11.0.